The fraction of sp³-hybridized carbons (Fsp3) is 0.143. The van der Waals surface area contributed by atoms with Crippen LogP contribution in [0.25, 0.3) is 17.0 Å². The van der Waals surface area contributed by atoms with Crippen LogP contribution in [-0.2, 0) is 0 Å². The van der Waals surface area contributed by atoms with E-state index >= 15 is 0 Å². The summed E-state index contributed by atoms with van der Waals surface area (Å²) < 4.78 is 16.2. The molecule has 0 saturated carbocycles. The van der Waals surface area contributed by atoms with Gasteiger partial charge in [-0.1, -0.05) is 0 Å². The molecule has 2 aromatic heterocycles. The zero-order chi connectivity index (χ0) is 14.1. The van der Waals surface area contributed by atoms with Gasteiger partial charge in [0.15, 0.2) is 0 Å². The van der Waals surface area contributed by atoms with Gasteiger partial charge in [-0.05, 0) is 36.8 Å². The standard InChI is InChI=1S/C14H12FN3S2/c1-19-9-4-5-10(11(15)8-9)12-13(20-2)18-7-3-6-16-14(18)17-12/h3-8H,1-2H3. The zero-order valence-corrected chi connectivity index (χ0v) is 12.6. The van der Waals surface area contributed by atoms with Crippen LogP contribution in [0.5, 0.6) is 0 Å². The number of aromatic nitrogens is 3. The Morgan fingerprint density at radius 2 is 2.05 bits per heavy atom. The minimum atomic E-state index is -0.254. The van der Waals surface area contributed by atoms with Crippen LogP contribution in [-0.4, -0.2) is 26.9 Å². The van der Waals surface area contributed by atoms with E-state index in [0.29, 0.717) is 17.0 Å². The maximum absolute atomic E-state index is 14.3. The molecule has 0 N–H and O–H groups in total. The summed E-state index contributed by atoms with van der Waals surface area (Å²) in [5, 5.41) is 0.893. The van der Waals surface area contributed by atoms with Crippen molar-refractivity contribution in [2.45, 2.75) is 9.92 Å². The Morgan fingerprint density at radius 1 is 1.20 bits per heavy atom. The minimum absolute atomic E-state index is 0.254. The second-order valence-corrected chi connectivity index (χ2v) is 5.78. The third-order valence-corrected chi connectivity index (χ3v) is 4.49. The van der Waals surface area contributed by atoms with Crippen LogP contribution in [0.1, 0.15) is 0 Å². The summed E-state index contributed by atoms with van der Waals surface area (Å²) in [6, 6.07) is 7.07. The van der Waals surface area contributed by atoms with E-state index in [1.54, 1.807) is 18.3 Å². The predicted molar refractivity (Wildman–Crippen MR) is 81.9 cm³/mol. The van der Waals surface area contributed by atoms with Gasteiger partial charge in [0, 0.05) is 22.9 Å². The van der Waals surface area contributed by atoms with Gasteiger partial charge in [-0.2, -0.15) is 0 Å². The molecule has 1 aromatic carbocycles. The van der Waals surface area contributed by atoms with E-state index in [2.05, 4.69) is 9.97 Å². The van der Waals surface area contributed by atoms with Crippen LogP contribution in [0.3, 0.4) is 0 Å². The second-order valence-electron chi connectivity index (χ2n) is 4.11. The van der Waals surface area contributed by atoms with Gasteiger partial charge in [0.25, 0.3) is 0 Å². The Morgan fingerprint density at radius 3 is 2.75 bits per heavy atom. The van der Waals surface area contributed by atoms with E-state index in [-0.39, 0.29) is 5.82 Å². The highest BCUT2D eigenvalue weighted by molar-refractivity contribution is 7.98. The second kappa shape index (κ2) is 5.46. The van der Waals surface area contributed by atoms with Gasteiger partial charge in [0.2, 0.25) is 5.78 Å². The maximum atomic E-state index is 14.3. The van der Waals surface area contributed by atoms with Gasteiger partial charge in [-0.25, -0.2) is 14.4 Å². The summed E-state index contributed by atoms with van der Waals surface area (Å²) in [6.07, 6.45) is 7.45. The highest BCUT2D eigenvalue weighted by atomic mass is 32.2. The number of halogens is 1. The van der Waals surface area contributed by atoms with Crippen molar-refractivity contribution < 1.29 is 4.39 Å². The molecular formula is C14H12FN3S2. The maximum Gasteiger partial charge on any atom is 0.235 e. The number of rotatable bonds is 3. The largest absolute Gasteiger partial charge is 0.278 e. The third kappa shape index (κ3) is 2.19. The van der Waals surface area contributed by atoms with Crippen molar-refractivity contribution in [3.8, 4) is 11.3 Å². The molecule has 0 fully saturated rings. The van der Waals surface area contributed by atoms with Crippen LogP contribution in [0.2, 0.25) is 0 Å². The first-order valence-corrected chi connectivity index (χ1v) is 8.40. The zero-order valence-electron chi connectivity index (χ0n) is 11.0. The van der Waals surface area contributed by atoms with Crippen LogP contribution in [0, 0.1) is 5.82 Å². The number of nitrogens with zero attached hydrogens (tertiary/aromatic N) is 3. The lowest BCUT2D eigenvalue weighted by Crippen LogP contribution is -1.89. The monoisotopic (exact) mass is 305 g/mol. The Labute approximate surface area is 124 Å². The van der Waals surface area contributed by atoms with E-state index in [1.807, 2.05) is 35.2 Å². The smallest absolute Gasteiger partial charge is 0.235 e. The fourth-order valence-corrected chi connectivity index (χ4v) is 3.17. The quantitative estimate of drug-likeness (QED) is 0.685. The number of fused-ring (bicyclic) bond motifs is 1. The number of benzene rings is 1. The summed E-state index contributed by atoms with van der Waals surface area (Å²) in [5.74, 6) is 0.329. The highest BCUT2D eigenvalue weighted by Gasteiger charge is 2.17. The van der Waals surface area contributed by atoms with Crippen molar-refractivity contribution in [2.75, 3.05) is 12.5 Å². The van der Waals surface area contributed by atoms with Crippen LogP contribution in [0.4, 0.5) is 4.39 Å². The van der Waals surface area contributed by atoms with Crippen LogP contribution >= 0.6 is 23.5 Å². The average molecular weight is 305 g/mol. The molecule has 0 unspecified atom stereocenters. The molecule has 0 aliphatic rings. The first-order chi connectivity index (χ1) is 9.74. The van der Waals surface area contributed by atoms with Gasteiger partial charge in [-0.15, -0.1) is 23.5 Å². The number of hydrogen-bond acceptors (Lipinski definition) is 4. The van der Waals surface area contributed by atoms with Crippen LogP contribution < -0.4 is 0 Å². The van der Waals surface area contributed by atoms with E-state index in [4.69, 9.17) is 0 Å². The van der Waals surface area contributed by atoms with Crippen LogP contribution in [0.15, 0.2) is 46.6 Å². The average Bonchev–Trinajstić information content (AvgIpc) is 2.85. The van der Waals surface area contributed by atoms with E-state index in [0.717, 1.165) is 9.92 Å². The molecule has 3 aromatic rings. The van der Waals surface area contributed by atoms with Gasteiger partial charge in [0.05, 0.1) is 0 Å². The molecule has 0 saturated heterocycles. The summed E-state index contributed by atoms with van der Waals surface area (Å²) in [7, 11) is 0. The molecule has 0 amide bonds. The third-order valence-electron chi connectivity index (χ3n) is 2.98. The number of thioether (sulfide) groups is 2. The normalized spacial score (nSPS) is 11.2. The van der Waals surface area contributed by atoms with Gasteiger partial charge >= 0.3 is 0 Å². The predicted octanol–water partition coefficient (Wildman–Crippen LogP) is 3.98. The van der Waals surface area contributed by atoms with Gasteiger partial charge in [0.1, 0.15) is 16.5 Å². The minimum Gasteiger partial charge on any atom is -0.278 e. The van der Waals surface area contributed by atoms with Crippen molar-refractivity contribution in [3.05, 3.63) is 42.5 Å². The molecule has 6 heteroatoms. The summed E-state index contributed by atoms with van der Waals surface area (Å²) >= 11 is 3.05. The molecule has 0 aliphatic carbocycles. The SMILES string of the molecule is CSc1ccc(-c2nc3ncccn3c2SC)c(F)c1. The Balaban J connectivity index is 2.23. The molecule has 0 bridgehead atoms. The lowest BCUT2D eigenvalue weighted by molar-refractivity contribution is 0.627. The molecule has 0 radical (unpaired) electrons. The Bertz CT molecular complexity index is 770. The van der Waals surface area contributed by atoms with Crippen molar-refractivity contribution in [1.82, 2.24) is 14.4 Å². The lowest BCUT2D eigenvalue weighted by Gasteiger charge is -2.04. The van der Waals surface area contributed by atoms with Gasteiger partial charge in [-0.3, -0.25) is 4.40 Å². The molecule has 3 rings (SSSR count). The first-order valence-electron chi connectivity index (χ1n) is 5.95. The van der Waals surface area contributed by atoms with Crippen molar-refractivity contribution in [3.63, 3.8) is 0 Å². The molecule has 0 aliphatic heterocycles. The Hall–Kier alpha value is -1.53. The van der Waals surface area contributed by atoms with E-state index < -0.39 is 0 Å². The number of hydrogen-bond donors (Lipinski definition) is 0. The molecule has 3 nitrogen and oxygen atoms in total. The summed E-state index contributed by atoms with van der Waals surface area (Å²) in [5.41, 5.74) is 1.15. The summed E-state index contributed by atoms with van der Waals surface area (Å²) in [6.45, 7) is 0. The molecule has 0 atom stereocenters. The van der Waals surface area contributed by atoms with Crippen molar-refractivity contribution in [2.24, 2.45) is 0 Å². The van der Waals surface area contributed by atoms with Crippen molar-refractivity contribution >= 4 is 29.3 Å². The number of imidazole rings is 1. The molecule has 102 valence electrons. The highest BCUT2D eigenvalue weighted by Crippen LogP contribution is 2.33. The summed E-state index contributed by atoms with van der Waals surface area (Å²) in [4.78, 5) is 9.57. The molecule has 2 heterocycles. The molecule has 0 spiro atoms. The Kier molecular flexibility index (Phi) is 3.67. The van der Waals surface area contributed by atoms with E-state index in [9.17, 15) is 4.39 Å². The molecular weight excluding hydrogens is 293 g/mol. The topological polar surface area (TPSA) is 30.2 Å². The van der Waals surface area contributed by atoms with Crippen molar-refractivity contribution in [1.29, 1.82) is 0 Å². The van der Waals surface area contributed by atoms with E-state index in [1.165, 1.54) is 23.5 Å². The fourth-order valence-electron chi connectivity index (χ4n) is 2.05. The molecule has 20 heavy (non-hydrogen) atoms. The lowest BCUT2D eigenvalue weighted by atomic mass is 10.1. The van der Waals surface area contributed by atoms with Gasteiger partial charge < -0.3 is 0 Å². The first kappa shape index (κ1) is 13.5.